The van der Waals surface area contributed by atoms with Crippen LogP contribution in [0.15, 0.2) is 109 Å². The smallest absolute Gasteiger partial charge is 0.163 e. The topological polar surface area (TPSA) is 51.6 Å². The van der Waals surface area contributed by atoms with E-state index in [4.69, 9.17) is 26.6 Å². The third-order valence-corrected chi connectivity index (χ3v) is 6.75. The molecule has 4 nitrogen and oxygen atoms in total. The van der Waals surface area contributed by atoms with E-state index in [1.807, 2.05) is 67.0 Å². The van der Waals surface area contributed by atoms with Crippen LogP contribution < -0.4 is 0 Å². The Balaban J connectivity index is 1.53. The van der Waals surface area contributed by atoms with Gasteiger partial charge >= 0.3 is 0 Å². The molecule has 36 heavy (non-hydrogen) atoms. The van der Waals surface area contributed by atoms with Gasteiger partial charge in [0.2, 0.25) is 0 Å². The molecule has 6 rings (SSSR count). The molecule has 174 valence electrons. The number of fused-ring (bicyclic) bond motifs is 1. The molecule has 2 unspecified atom stereocenters. The molecule has 0 saturated carbocycles. The minimum Gasteiger partial charge on any atom is -0.263 e. The summed E-state index contributed by atoms with van der Waals surface area (Å²) in [5.41, 5.74) is 3.78. The van der Waals surface area contributed by atoms with E-state index < -0.39 is 0 Å². The Morgan fingerprint density at radius 2 is 1.42 bits per heavy atom. The van der Waals surface area contributed by atoms with Gasteiger partial charge in [-0.15, -0.1) is 0 Å². The second-order valence-electron chi connectivity index (χ2n) is 9.00. The first-order valence-corrected chi connectivity index (χ1v) is 12.3. The quantitative estimate of drug-likeness (QED) is 0.259. The van der Waals surface area contributed by atoms with Crippen molar-refractivity contribution in [2.24, 2.45) is 5.92 Å². The van der Waals surface area contributed by atoms with Crippen molar-refractivity contribution in [3.8, 4) is 33.9 Å². The van der Waals surface area contributed by atoms with Gasteiger partial charge in [-0.3, -0.25) is 4.98 Å². The number of rotatable bonds is 4. The maximum absolute atomic E-state index is 6.66. The Labute approximate surface area is 215 Å². The van der Waals surface area contributed by atoms with Crippen LogP contribution >= 0.6 is 11.6 Å². The summed E-state index contributed by atoms with van der Waals surface area (Å²) in [6, 6.07) is 24.2. The number of allylic oxidation sites excluding steroid dienone is 4. The van der Waals surface area contributed by atoms with Crippen molar-refractivity contribution in [3.05, 3.63) is 120 Å². The minimum absolute atomic E-state index is 0.0696. The SMILES string of the molecule is CC1C=CC=CC1c1nc(-c2ccccc2)nc(-c2cc(Cl)cc(-c3cncc4ccccc34)c2)n1. The lowest BCUT2D eigenvalue weighted by Gasteiger charge is -2.20. The molecule has 5 aromatic rings. The van der Waals surface area contributed by atoms with Crippen molar-refractivity contribution in [1.29, 1.82) is 0 Å². The highest BCUT2D eigenvalue weighted by molar-refractivity contribution is 6.31. The summed E-state index contributed by atoms with van der Waals surface area (Å²) in [5.74, 6) is 2.36. The number of nitrogens with zero attached hydrogens (tertiary/aromatic N) is 4. The third kappa shape index (κ3) is 4.32. The molecule has 0 radical (unpaired) electrons. The van der Waals surface area contributed by atoms with Crippen molar-refractivity contribution < 1.29 is 0 Å². The van der Waals surface area contributed by atoms with Gasteiger partial charge in [-0.25, -0.2) is 15.0 Å². The second kappa shape index (κ2) is 9.48. The molecule has 5 heteroatoms. The molecule has 2 heterocycles. The monoisotopic (exact) mass is 486 g/mol. The van der Waals surface area contributed by atoms with Gasteiger partial charge in [0.1, 0.15) is 5.82 Å². The fourth-order valence-corrected chi connectivity index (χ4v) is 4.88. The average Bonchev–Trinajstić information content (AvgIpc) is 2.93. The summed E-state index contributed by atoms with van der Waals surface area (Å²) < 4.78 is 0. The summed E-state index contributed by atoms with van der Waals surface area (Å²) in [6.45, 7) is 2.18. The Bertz CT molecular complexity index is 1620. The predicted octanol–water partition coefficient (Wildman–Crippen LogP) is 7.92. The lowest BCUT2D eigenvalue weighted by atomic mass is 9.89. The van der Waals surface area contributed by atoms with Crippen LogP contribution in [-0.4, -0.2) is 19.9 Å². The summed E-state index contributed by atoms with van der Waals surface area (Å²) in [6.07, 6.45) is 12.2. The van der Waals surface area contributed by atoms with E-state index in [-0.39, 0.29) is 11.8 Å². The first-order chi connectivity index (χ1) is 17.7. The Morgan fingerprint density at radius 3 is 2.25 bits per heavy atom. The van der Waals surface area contributed by atoms with E-state index in [1.54, 1.807) is 0 Å². The molecular formula is C31H23ClN4. The average molecular weight is 487 g/mol. The zero-order valence-electron chi connectivity index (χ0n) is 19.7. The zero-order valence-corrected chi connectivity index (χ0v) is 20.5. The lowest BCUT2D eigenvalue weighted by molar-refractivity contribution is 0.600. The molecule has 2 aromatic heterocycles. The van der Waals surface area contributed by atoms with Crippen molar-refractivity contribution in [2.75, 3.05) is 0 Å². The molecule has 1 aliphatic rings. The fraction of sp³-hybridized carbons (Fsp3) is 0.0968. The largest absolute Gasteiger partial charge is 0.263 e. The summed E-state index contributed by atoms with van der Waals surface area (Å²) in [7, 11) is 0. The predicted molar refractivity (Wildman–Crippen MR) is 147 cm³/mol. The van der Waals surface area contributed by atoms with E-state index in [2.05, 4.69) is 54.4 Å². The Kier molecular flexibility index (Phi) is 5.88. The number of benzene rings is 3. The van der Waals surface area contributed by atoms with Gasteiger partial charge in [0, 0.05) is 45.4 Å². The summed E-state index contributed by atoms with van der Waals surface area (Å²) >= 11 is 6.66. The second-order valence-corrected chi connectivity index (χ2v) is 9.43. The van der Waals surface area contributed by atoms with Gasteiger partial charge in [0.25, 0.3) is 0 Å². The molecule has 0 spiro atoms. The number of hydrogen-bond acceptors (Lipinski definition) is 4. The number of aromatic nitrogens is 4. The number of hydrogen-bond donors (Lipinski definition) is 0. The normalized spacial score (nSPS) is 16.9. The van der Waals surface area contributed by atoms with Gasteiger partial charge in [-0.1, -0.05) is 97.4 Å². The van der Waals surface area contributed by atoms with Crippen LogP contribution in [0.1, 0.15) is 18.7 Å². The maximum atomic E-state index is 6.66. The summed E-state index contributed by atoms with van der Waals surface area (Å²) in [5, 5.41) is 2.82. The van der Waals surface area contributed by atoms with E-state index in [0.29, 0.717) is 16.7 Å². The molecule has 0 saturated heterocycles. The van der Waals surface area contributed by atoms with Crippen molar-refractivity contribution in [1.82, 2.24) is 19.9 Å². The molecule has 1 aliphatic carbocycles. The minimum atomic E-state index is 0.0696. The standard InChI is InChI=1S/C31H23ClN4/c1-20-9-5-7-13-26(20)31-35-29(21-10-3-2-4-11-21)34-30(36-31)24-15-23(16-25(32)17-24)28-19-33-18-22-12-6-8-14-27(22)28/h2-20,26H,1H3. The third-order valence-electron chi connectivity index (χ3n) is 6.53. The Morgan fingerprint density at radius 1 is 0.694 bits per heavy atom. The lowest BCUT2D eigenvalue weighted by Crippen LogP contribution is -2.13. The molecular weight excluding hydrogens is 464 g/mol. The molecule has 0 bridgehead atoms. The van der Waals surface area contributed by atoms with Gasteiger partial charge in [-0.05, 0) is 35.1 Å². The molecule has 3 aromatic carbocycles. The highest BCUT2D eigenvalue weighted by Crippen LogP contribution is 2.35. The van der Waals surface area contributed by atoms with E-state index in [0.717, 1.165) is 38.9 Å². The van der Waals surface area contributed by atoms with Crippen LogP contribution in [0.25, 0.3) is 44.7 Å². The van der Waals surface area contributed by atoms with Crippen LogP contribution in [0.2, 0.25) is 5.02 Å². The van der Waals surface area contributed by atoms with E-state index >= 15 is 0 Å². The molecule has 0 fully saturated rings. The van der Waals surface area contributed by atoms with Gasteiger partial charge < -0.3 is 0 Å². The van der Waals surface area contributed by atoms with E-state index in [1.165, 1.54) is 0 Å². The van der Waals surface area contributed by atoms with Crippen LogP contribution in [0.4, 0.5) is 0 Å². The molecule has 2 atom stereocenters. The van der Waals surface area contributed by atoms with Crippen LogP contribution in [-0.2, 0) is 0 Å². The number of halogens is 1. The van der Waals surface area contributed by atoms with E-state index in [9.17, 15) is 0 Å². The van der Waals surface area contributed by atoms with Crippen molar-refractivity contribution in [3.63, 3.8) is 0 Å². The summed E-state index contributed by atoms with van der Waals surface area (Å²) in [4.78, 5) is 19.2. The molecule has 0 aliphatic heterocycles. The van der Waals surface area contributed by atoms with Crippen LogP contribution in [0.3, 0.4) is 0 Å². The zero-order chi connectivity index (χ0) is 24.5. The van der Waals surface area contributed by atoms with Crippen molar-refractivity contribution >= 4 is 22.4 Å². The first kappa shape index (κ1) is 22.3. The van der Waals surface area contributed by atoms with Gasteiger partial charge in [0.15, 0.2) is 11.6 Å². The first-order valence-electron chi connectivity index (χ1n) is 12.0. The number of pyridine rings is 1. The Hall–Kier alpha value is -4.15. The van der Waals surface area contributed by atoms with Crippen molar-refractivity contribution in [2.45, 2.75) is 12.8 Å². The van der Waals surface area contributed by atoms with Gasteiger partial charge in [-0.2, -0.15) is 0 Å². The molecule has 0 N–H and O–H groups in total. The van der Waals surface area contributed by atoms with Crippen LogP contribution in [0.5, 0.6) is 0 Å². The fourth-order valence-electron chi connectivity index (χ4n) is 4.65. The highest BCUT2D eigenvalue weighted by Gasteiger charge is 2.22. The molecule has 0 amide bonds. The highest BCUT2D eigenvalue weighted by atomic mass is 35.5. The van der Waals surface area contributed by atoms with Crippen LogP contribution in [0, 0.1) is 5.92 Å². The van der Waals surface area contributed by atoms with Gasteiger partial charge in [0.05, 0.1) is 0 Å². The maximum Gasteiger partial charge on any atom is 0.163 e.